The van der Waals surface area contributed by atoms with Gasteiger partial charge in [-0.2, -0.15) is 0 Å². The topological polar surface area (TPSA) is 12.0 Å². The zero-order valence-electron chi connectivity index (χ0n) is 13.9. The molecule has 1 heteroatoms. The lowest BCUT2D eigenvalue weighted by atomic mass is 9.85. The summed E-state index contributed by atoms with van der Waals surface area (Å²) in [4.78, 5) is 0. The van der Waals surface area contributed by atoms with Gasteiger partial charge in [-0.25, -0.2) is 0 Å². The van der Waals surface area contributed by atoms with Gasteiger partial charge in [0.1, 0.15) is 0 Å². The van der Waals surface area contributed by atoms with Gasteiger partial charge in [0.2, 0.25) is 0 Å². The van der Waals surface area contributed by atoms with Crippen LogP contribution >= 0.6 is 0 Å². The number of benzene rings is 1. The predicted molar refractivity (Wildman–Crippen MR) is 88.1 cm³/mol. The van der Waals surface area contributed by atoms with Crippen LogP contribution in [0.5, 0.6) is 0 Å². The lowest BCUT2D eigenvalue weighted by Crippen LogP contribution is -2.31. The summed E-state index contributed by atoms with van der Waals surface area (Å²) in [6.45, 7) is 12.8. The number of fused-ring (bicyclic) bond motifs is 1. The SMILES string of the molecule is CC(NCC(C(C)C)C(C)C)c1ccc2c(c1)CCC2. The normalized spacial score (nSPS) is 16.2. The number of hydrogen-bond donors (Lipinski definition) is 1. The molecule has 0 bridgehead atoms. The summed E-state index contributed by atoms with van der Waals surface area (Å²) in [5.41, 5.74) is 4.61. The van der Waals surface area contributed by atoms with E-state index in [4.69, 9.17) is 0 Å². The summed E-state index contributed by atoms with van der Waals surface area (Å²) in [6, 6.07) is 7.56. The average Bonchev–Trinajstić information content (AvgIpc) is 2.84. The Morgan fingerprint density at radius 3 is 2.25 bits per heavy atom. The van der Waals surface area contributed by atoms with Gasteiger partial charge in [-0.1, -0.05) is 45.9 Å². The molecule has 1 nitrogen and oxygen atoms in total. The van der Waals surface area contributed by atoms with Crippen LogP contribution < -0.4 is 5.32 Å². The molecular weight excluding hydrogens is 242 g/mol. The molecule has 0 saturated carbocycles. The molecule has 0 heterocycles. The first kappa shape index (κ1) is 15.6. The van der Waals surface area contributed by atoms with E-state index in [0.717, 1.165) is 24.3 Å². The standard InChI is InChI=1S/C19H31N/c1-13(2)19(14(3)4)12-20-15(5)17-10-9-16-7-6-8-18(16)11-17/h9-11,13-15,19-20H,6-8,12H2,1-5H3. The van der Waals surface area contributed by atoms with Crippen LogP contribution in [0.1, 0.15) is 63.8 Å². The minimum absolute atomic E-state index is 0.459. The Labute approximate surface area is 125 Å². The molecule has 0 radical (unpaired) electrons. The Hall–Kier alpha value is -0.820. The molecule has 0 saturated heterocycles. The van der Waals surface area contributed by atoms with Crippen molar-refractivity contribution >= 4 is 0 Å². The number of rotatable bonds is 6. The van der Waals surface area contributed by atoms with Crippen molar-refractivity contribution in [3.05, 3.63) is 34.9 Å². The first-order valence-electron chi connectivity index (χ1n) is 8.34. The largest absolute Gasteiger partial charge is 0.310 e. The van der Waals surface area contributed by atoms with Crippen LogP contribution in [0.4, 0.5) is 0 Å². The molecule has 2 rings (SSSR count). The molecule has 20 heavy (non-hydrogen) atoms. The van der Waals surface area contributed by atoms with Crippen LogP contribution in [-0.2, 0) is 12.8 Å². The van der Waals surface area contributed by atoms with E-state index in [2.05, 4.69) is 58.1 Å². The molecule has 1 unspecified atom stereocenters. The molecule has 1 aliphatic carbocycles. The maximum absolute atomic E-state index is 3.75. The van der Waals surface area contributed by atoms with Gasteiger partial charge in [-0.3, -0.25) is 0 Å². The molecule has 0 aromatic heterocycles. The van der Waals surface area contributed by atoms with Crippen LogP contribution in [-0.4, -0.2) is 6.54 Å². The van der Waals surface area contributed by atoms with Crippen LogP contribution in [0.15, 0.2) is 18.2 Å². The van der Waals surface area contributed by atoms with Crippen molar-refractivity contribution in [1.29, 1.82) is 0 Å². The van der Waals surface area contributed by atoms with Gasteiger partial charge < -0.3 is 5.32 Å². The molecule has 1 N–H and O–H groups in total. The van der Waals surface area contributed by atoms with E-state index in [-0.39, 0.29) is 0 Å². The summed E-state index contributed by atoms with van der Waals surface area (Å²) in [6.07, 6.45) is 3.89. The van der Waals surface area contributed by atoms with Crippen LogP contribution in [0.3, 0.4) is 0 Å². The summed E-state index contributed by atoms with van der Waals surface area (Å²) < 4.78 is 0. The van der Waals surface area contributed by atoms with E-state index < -0.39 is 0 Å². The average molecular weight is 273 g/mol. The molecule has 0 aliphatic heterocycles. The van der Waals surface area contributed by atoms with E-state index in [0.29, 0.717) is 6.04 Å². The van der Waals surface area contributed by atoms with E-state index in [1.807, 2.05) is 0 Å². The predicted octanol–water partition coefficient (Wildman–Crippen LogP) is 4.75. The lowest BCUT2D eigenvalue weighted by molar-refractivity contribution is 0.268. The highest BCUT2D eigenvalue weighted by Gasteiger charge is 2.19. The molecule has 1 aliphatic rings. The van der Waals surface area contributed by atoms with E-state index in [1.54, 1.807) is 11.1 Å². The summed E-state index contributed by atoms with van der Waals surface area (Å²) in [7, 11) is 0. The highest BCUT2D eigenvalue weighted by atomic mass is 14.9. The minimum Gasteiger partial charge on any atom is -0.310 e. The fourth-order valence-corrected chi connectivity index (χ4v) is 3.53. The number of aryl methyl sites for hydroxylation is 2. The summed E-state index contributed by atoms with van der Waals surface area (Å²) >= 11 is 0. The third kappa shape index (κ3) is 3.63. The lowest BCUT2D eigenvalue weighted by Gasteiger charge is -2.27. The van der Waals surface area contributed by atoms with Gasteiger partial charge in [-0.15, -0.1) is 0 Å². The van der Waals surface area contributed by atoms with Gasteiger partial charge in [-0.05, 0) is 67.2 Å². The molecule has 112 valence electrons. The molecule has 1 aromatic carbocycles. The molecule has 0 amide bonds. The zero-order valence-corrected chi connectivity index (χ0v) is 13.9. The van der Waals surface area contributed by atoms with Crippen molar-refractivity contribution in [2.24, 2.45) is 17.8 Å². The van der Waals surface area contributed by atoms with Crippen molar-refractivity contribution in [2.45, 2.75) is 59.9 Å². The van der Waals surface area contributed by atoms with Crippen LogP contribution in [0, 0.1) is 17.8 Å². The summed E-state index contributed by atoms with van der Waals surface area (Å²) in [5, 5.41) is 3.75. The second-order valence-corrected chi connectivity index (χ2v) is 7.16. The monoisotopic (exact) mass is 273 g/mol. The fourth-order valence-electron chi connectivity index (χ4n) is 3.53. The highest BCUT2D eigenvalue weighted by molar-refractivity contribution is 5.36. The quantitative estimate of drug-likeness (QED) is 0.788. The smallest absolute Gasteiger partial charge is 0.0292 e. The van der Waals surface area contributed by atoms with Gasteiger partial charge >= 0.3 is 0 Å². The van der Waals surface area contributed by atoms with Crippen LogP contribution in [0.25, 0.3) is 0 Å². The van der Waals surface area contributed by atoms with Crippen molar-refractivity contribution in [2.75, 3.05) is 6.54 Å². The minimum atomic E-state index is 0.459. The third-order valence-electron chi connectivity index (χ3n) is 4.99. The summed E-state index contributed by atoms with van der Waals surface area (Å²) in [5.74, 6) is 2.25. The van der Waals surface area contributed by atoms with Gasteiger partial charge in [0.15, 0.2) is 0 Å². The van der Waals surface area contributed by atoms with E-state index >= 15 is 0 Å². The maximum Gasteiger partial charge on any atom is 0.0292 e. The Balaban J connectivity index is 1.96. The molecule has 0 fully saturated rings. The fraction of sp³-hybridized carbons (Fsp3) is 0.684. The van der Waals surface area contributed by atoms with Crippen molar-refractivity contribution in [3.63, 3.8) is 0 Å². The number of hydrogen-bond acceptors (Lipinski definition) is 1. The van der Waals surface area contributed by atoms with Crippen molar-refractivity contribution < 1.29 is 0 Å². The molecule has 1 aromatic rings. The molecular formula is C19H31N. The van der Waals surface area contributed by atoms with Gasteiger partial charge in [0, 0.05) is 6.04 Å². The Morgan fingerprint density at radius 1 is 0.950 bits per heavy atom. The Kier molecular flexibility index (Phi) is 5.26. The Bertz CT molecular complexity index is 425. The van der Waals surface area contributed by atoms with Crippen molar-refractivity contribution in [1.82, 2.24) is 5.32 Å². The van der Waals surface area contributed by atoms with E-state index in [1.165, 1.54) is 24.8 Å². The van der Waals surface area contributed by atoms with Crippen molar-refractivity contribution in [3.8, 4) is 0 Å². The Morgan fingerprint density at radius 2 is 1.60 bits per heavy atom. The first-order valence-corrected chi connectivity index (χ1v) is 8.34. The third-order valence-corrected chi connectivity index (χ3v) is 4.99. The number of nitrogens with one attached hydrogen (secondary N) is 1. The maximum atomic E-state index is 3.75. The van der Waals surface area contributed by atoms with Gasteiger partial charge in [0.25, 0.3) is 0 Å². The molecule has 1 atom stereocenters. The highest BCUT2D eigenvalue weighted by Crippen LogP contribution is 2.26. The second kappa shape index (κ2) is 6.76. The molecule has 0 spiro atoms. The van der Waals surface area contributed by atoms with E-state index in [9.17, 15) is 0 Å². The first-order chi connectivity index (χ1) is 9.49. The van der Waals surface area contributed by atoms with Gasteiger partial charge in [0.05, 0.1) is 0 Å². The van der Waals surface area contributed by atoms with Crippen LogP contribution in [0.2, 0.25) is 0 Å². The second-order valence-electron chi connectivity index (χ2n) is 7.16. The zero-order chi connectivity index (χ0) is 14.7.